The van der Waals surface area contributed by atoms with E-state index in [0.29, 0.717) is 16.7 Å². The highest BCUT2D eigenvalue weighted by molar-refractivity contribution is 7.80. The molecule has 0 bridgehead atoms. The summed E-state index contributed by atoms with van der Waals surface area (Å²) < 4.78 is 0. The molecule has 10 heavy (non-hydrogen) atoms. The van der Waals surface area contributed by atoms with E-state index in [-0.39, 0.29) is 0 Å². The molecule has 0 aliphatic carbocycles. The van der Waals surface area contributed by atoms with Gasteiger partial charge in [-0.15, -0.1) is 12.6 Å². The first kappa shape index (κ1) is 5.67. The lowest BCUT2D eigenvalue weighted by Crippen LogP contribution is -1.90. The highest BCUT2D eigenvalue weighted by Gasteiger charge is 2.08. The van der Waals surface area contributed by atoms with Crippen LogP contribution >= 0.6 is 12.6 Å². The molecule has 2 heterocycles. The van der Waals surface area contributed by atoms with Gasteiger partial charge in [0.25, 0.3) is 0 Å². The topological polar surface area (TPSA) is 52.2 Å². The molecule has 1 aliphatic heterocycles. The van der Waals surface area contributed by atoms with Gasteiger partial charge in [0, 0.05) is 0 Å². The molecule has 0 fully saturated rings. The summed E-state index contributed by atoms with van der Waals surface area (Å²) in [6.45, 7) is 0. The standard InChI is InChI=1S/C5H3N4S/c10-5-6-1-3-4(9-5)8-2-7-3/h1-2H,(H,6,9,10). The van der Waals surface area contributed by atoms with Crippen LogP contribution in [-0.4, -0.2) is 16.3 Å². The Bertz CT molecular complexity index is 296. The Hall–Kier alpha value is -1.10. The predicted molar refractivity (Wildman–Crippen MR) is 39.2 cm³/mol. The summed E-state index contributed by atoms with van der Waals surface area (Å²) in [6, 6.07) is 0. The Kier molecular flexibility index (Phi) is 1.10. The Morgan fingerprint density at radius 1 is 1.40 bits per heavy atom. The highest BCUT2D eigenvalue weighted by atomic mass is 32.1. The van der Waals surface area contributed by atoms with Crippen LogP contribution in [-0.2, 0) is 0 Å². The fourth-order valence-corrected chi connectivity index (χ4v) is 0.842. The van der Waals surface area contributed by atoms with Gasteiger partial charge in [0.1, 0.15) is 12.0 Å². The lowest BCUT2D eigenvalue weighted by atomic mass is 10.5. The third-order valence-corrected chi connectivity index (χ3v) is 1.33. The van der Waals surface area contributed by atoms with Crippen LogP contribution in [0.3, 0.4) is 0 Å². The first-order valence-electron chi connectivity index (χ1n) is 2.65. The van der Waals surface area contributed by atoms with Crippen molar-refractivity contribution < 1.29 is 0 Å². The van der Waals surface area contributed by atoms with Crippen molar-refractivity contribution in [1.29, 1.82) is 0 Å². The van der Waals surface area contributed by atoms with Crippen LogP contribution in [0.2, 0.25) is 0 Å². The van der Waals surface area contributed by atoms with Crippen molar-refractivity contribution in [3.05, 3.63) is 6.20 Å². The molecule has 0 spiro atoms. The van der Waals surface area contributed by atoms with Gasteiger partial charge in [-0.1, -0.05) is 0 Å². The molecule has 4 nitrogen and oxygen atoms in total. The van der Waals surface area contributed by atoms with Gasteiger partial charge in [-0.05, 0) is 0 Å². The van der Waals surface area contributed by atoms with Gasteiger partial charge in [-0.2, -0.15) is 0 Å². The van der Waals surface area contributed by atoms with Gasteiger partial charge >= 0.3 is 0 Å². The Labute approximate surface area is 62.8 Å². The normalized spacial score (nSPS) is 12.9. The molecule has 0 amide bonds. The minimum Gasteiger partial charge on any atom is -0.231 e. The van der Waals surface area contributed by atoms with E-state index in [4.69, 9.17) is 0 Å². The van der Waals surface area contributed by atoms with E-state index in [1.54, 1.807) is 6.20 Å². The molecule has 0 saturated carbocycles. The lowest BCUT2D eigenvalue weighted by molar-refractivity contribution is 0.960. The van der Waals surface area contributed by atoms with Crippen LogP contribution in [0.15, 0.2) is 16.3 Å². The summed E-state index contributed by atoms with van der Waals surface area (Å²) in [4.78, 5) is 11.6. The predicted octanol–water partition coefficient (Wildman–Crippen LogP) is 0.675. The smallest absolute Gasteiger partial charge is 0.186 e. The third-order valence-electron chi connectivity index (χ3n) is 1.11. The van der Waals surface area contributed by atoms with Crippen LogP contribution in [0.4, 0.5) is 11.5 Å². The van der Waals surface area contributed by atoms with Crippen molar-refractivity contribution in [2.75, 3.05) is 0 Å². The first-order chi connectivity index (χ1) is 4.86. The molecule has 1 aliphatic rings. The van der Waals surface area contributed by atoms with Crippen molar-refractivity contribution in [2.24, 2.45) is 4.99 Å². The Balaban J connectivity index is 2.59. The van der Waals surface area contributed by atoms with Crippen molar-refractivity contribution in [2.45, 2.75) is 5.16 Å². The molecule has 0 unspecified atom stereocenters. The minimum atomic E-state index is 0.424. The van der Waals surface area contributed by atoms with E-state index in [1.165, 1.54) is 6.34 Å². The second-order valence-corrected chi connectivity index (χ2v) is 2.15. The molecule has 49 valence electrons. The van der Waals surface area contributed by atoms with Gasteiger partial charge < -0.3 is 0 Å². The number of thiol groups is 1. The molecular weight excluding hydrogens is 148 g/mol. The second-order valence-electron chi connectivity index (χ2n) is 1.75. The van der Waals surface area contributed by atoms with E-state index in [0.717, 1.165) is 0 Å². The molecule has 0 atom stereocenters. The fourth-order valence-electron chi connectivity index (χ4n) is 0.689. The summed E-state index contributed by atoms with van der Waals surface area (Å²) >= 11 is 3.95. The van der Waals surface area contributed by atoms with E-state index in [1.807, 2.05) is 0 Å². The lowest BCUT2D eigenvalue weighted by Gasteiger charge is -1.92. The molecular formula is C5H3N4S. The second kappa shape index (κ2) is 1.95. The zero-order valence-electron chi connectivity index (χ0n) is 4.89. The monoisotopic (exact) mass is 151 g/mol. The molecule has 2 rings (SSSR count). The molecule has 0 saturated heterocycles. The Morgan fingerprint density at radius 2 is 2.30 bits per heavy atom. The molecule has 1 aromatic heterocycles. The Morgan fingerprint density at radius 3 is 3.20 bits per heavy atom. The van der Waals surface area contributed by atoms with Crippen molar-refractivity contribution in [3.8, 4) is 0 Å². The summed E-state index contributed by atoms with van der Waals surface area (Å²) in [5.74, 6) is 0.597. The number of nitrogens with zero attached hydrogens (tertiary/aromatic N) is 4. The van der Waals surface area contributed by atoms with Crippen molar-refractivity contribution >= 4 is 30.5 Å². The third kappa shape index (κ3) is 0.750. The minimum absolute atomic E-state index is 0.424. The van der Waals surface area contributed by atoms with E-state index < -0.39 is 0 Å². The highest BCUT2D eigenvalue weighted by Crippen LogP contribution is 2.24. The average Bonchev–Trinajstić information content (AvgIpc) is 2.33. The molecule has 0 N–H and O–H groups in total. The van der Waals surface area contributed by atoms with Gasteiger partial charge in [-0.25, -0.2) is 20.3 Å². The molecule has 5 heteroatoms. The summed E-state index contributed by atoms with van der Waals surface area (Å²) in [7, 11) is 0. The molecule has 0 aromatic carbocycles. The van der Waals surface area contributed by atoms with Crippen molar-refractivity contribution in [1.82, 2.24) is 15.3 Å². The maximum Gasteiger partial charge on any atom is 0.186 e. The number of hydrogen-bond donors (Lipinski definition) is 1. The maximum atomic E-state index is 3.95. The van der Waals surface area contributed by atoms with Crippen LogP contribution in [0, 0.1) is 0 Å². The quantitative estimate of drug-likeness (QED) is 0.437. The van der Waals surface area contributed by atoms with Crippen molar-refractivity contribution in [3.63, 3.8) is 0 Å². The zero-order valence-corrected chi connectivity index (χ0v) is 5.79. The van der Waals surface area contributed by atoms with E-state index in [2.05, 4.69) is 32.9 Å². The van der Waals surface area contributed by atoms with Gasteiger partial charge in [0.15, 0.2) is 11.0 Å². The summed E-state index contributed by atoms with van der Waals surface area (Å²) in [5.41, 5.74) is 0.706. The first-order valence-corrected chi connectivity index (χ1v) is 3.10. The van der Waals surface area contributed by atoms with Gasteiger partial charge in [0.2, 0.25) is 0 Å². The summed E-state index contributed by atoms with van der Waals surface area (Å²) in [6.07, 6.45) is 3.05. The average molecular weight is 151 g/mol. The molecule has 1 aromatic rings. The zero-order chi connectivity index (χ0) is 6.97. The van der Waals surface area contributed by atoms with Crippen LogP contribution < -0.4 is 5.32 Å². The van der Waals surface area contributed by atoms with Crippen LogP contribution in [0.5, 0.6) is 0 Å². The SMILES string of the molecule is Sc1ncc2c(n1)[N]C=N2. The number of aliphatic imine (C=N–C) groups is 1. The van der Waals surface area contributed by atoms with Gasteiger partial charge in [-0.3, -0.25) is 0 Å². The maximum absolute atomic E-state index is 3.95. The largest absolute Gasteiger partial charge is 0.231 e. The molecule has 1 radical (unpaired) electrons. The van der Waals surface area contributed by atoms with Crippen LogP contribution in [0.25, 0.3) is 0 Å². The van der Waals surface area contributed by atoms with Crippen LogP contribution in [0.1, 0.15) is 0 Å². The van der Waals surface area contributed by atoms with E-state index in [9.17, 15) is 0 Å². The number of aromatic nitrogens is 2. The number of hydrogen-bond acceptors (Lipinski definition) is 4. The number of rotatable bonds is 0. The fraction of sp³-hybridized carbons (Fsp3) is 0. The van der Waals surface area contributed by atoms with Gasteiger partial charge in [0.05, 0.1) is 6.20 Å². The van der Waals surface area contributed by atoms with E-state index >= 15 is 0 Å². The number of fused-ring (bicyclic) bond motifs is 1. The summed E-state index contributed by atoms with van der Waals surface area (Å²) in [5, 5.41) is 4.29.